The van der Waals surface area contributed by atoms with E-state index in [1.165, 1.54) is 23.0 Å². The second-order valence-corrected chi connectivity index (χ2v) is 4.92. The van der Waals surface area contributed by atoms with Crippen molar-refractivity contribution in [3.8, 4) is 0 Å². The quantitative estimate of drug-likeness (QED) is 0.651. The minimum Gasteiger partial charge on any atom is -0.423 e. The van der Waals surface area contributed by atoms with Gasteiger partial charge in [-0.05, 0) is 26.0 Å². The van der Waals surface area contributed by atoms with Gasteiger partial charge in [-0.3, -0.25) is 4.68 Å². The van der Waals surface area contributed by atoms with E-state index in [1.807, 2.05) is 0 Å². The fourth-order valence-electron chi connectivity index (χ4n) is 1.81. The van der Waals surface area contributed by atoms with Crippen molar-refractivity contribution in [3.63, 3.8) is 0 Å². The molecule has 0 fully saturated rings. The molecule has 0 saturated heterocycles. The molecule has 3 N–H and O–H groups in total. The zero-order valence-electron chi connectivity index (χ0n) is 10.1. The summed E-state index contributed by atoms with van der Waals surface area (Å²) in [5.41, 5.74) is -0.658. The fraction of sp³-hybridized carbons (Fsp3) is 0.364. The van der Waals surface area contributed by atoms with Crippen LogP contribution < -0.4 is 5.46 Å². The van der Waals surface area contributed by atoms with Crippen LogP contribution in [0.3, 0.4) is 0 Å². The van der Waals surface area contributed by atoms with Crippen LogP contribution in [0.25, 0.3) is 10.9 Å². The summed E-state index contributed by atoms with van der Waals surface area (Å²) in [6.45, 7) is 3.47. The number of halogens is 1. The first-order chi connectivity index (χ1) is 8.28. The minimum absolute atomic E-state index is 0.190. The Labute approximate surface area is 104 Å². The number of hydrogen-bond donors (Lipinski definition) is 3. The summed E-state index contributed by atoms with van der Waals surface area (Å²) in [6, 6.07) is 2.52. The Morgan fingerprint density at radius 3 is 2.61 bits per heavy atom. The predicted molar refractivity (Wildman–Crippen MR) is 65.8 cm³/mol. The largest absolute Gasteiger partial charge is 0.491 e. The highest BCUT2D eigenvalue weighted by Crippen LogP contribution is 2.16. The van der Waals surface area contributed by atoms with Gasteiger partial charge in [0.05, 0.1) is 23.9 Å². The minimum atomic E-state index is -1.85. The lowest BCUT2D eigenvalue weighted by Gasteiger charge is -2.17. The third-order valence-electron chi connectivity index (χ3n) is 2.58. The van der Waals surface area contributed by atoms with Crippen molar-refractivity contribution in [2.75, 3.05) is 0 Å². The number of benzene rings is 1. The van der Waals surface area contributed by atoms with Gasteiger partial charge in [0.15, 0.2) is 0 Å². The molecule has 0 amide bonds. The van der Waals surface area contributed by atoms with E-state index in [4.69, 9.17) is 10.0 Å². The van der Waals surface area contributed by atoms with Gasteiger partial charge in [-0.15, -0.1) is 0 Å². The van der Waals surface area contributed by atoms with E-state index in [0.29, 0.717) is 10.9 Å². The van der Waals surface area contributed by atoms with Crippen molar-refractivity contribution >= 4 is 23.5 Å². The van der Waals surface area contributed by atoms with Crippen molar-refractivity contribution in [1.29, 1.82) is 0 Å². The van der Waals surface area contributed by atoms with Gasteiger partial charge in [-0.25, -0.2) is 4.39 Å². The molecule has 2 rings (SSSR count). The predicted octanol–water partition coefficient (Wildman–Crippen LogP) is -0.374. The monoisotopic (exact) mass is 252 g/mol. The maximum Gasteiger partial charge on any atom is 0.491 e. The summed E-state index contributed by atoms with van der Waals surface area (Å²) in [7, 11) is -1.85. The normalized spacial score (nSPS) is 12.1. The van der Waals surface area contributed by atoms with Crippen LogP contribution in [0.1, 0.15) is 13.8 Å². The molecule has 0 radical (unpaired) electrons. The third-order valence-corrected chi connectivity index (χ3v) is 2.58. The highest BCUT2D eigenvalue weighted by Gasteiger charge is 2.20. The van der Waals surface area contributed by atoms with Gasteiger partial charge >= 0.3 is 7.12 Å². The molecule has 0 bridgehead atoms. The van der Waals surface area contributed by atoms with E-state index in [9.17, 15) is 9.50 Å². The van der Waals surface area contributed by atoms with Crippen LogP contribution in [-0.4, -0.2) is 37.7 Å². The molecule has 1 aromatic heterocycles. The molecule has 0 unspecified atom stereocenters. The third kappa shape index (κ3) is 2.53. The van der Waals surface area contributed by atoms with Crippen molar-refractivity contribution in [2.45, 2.75) is 26.0 Å². The highest BCUT2D eigenvalue weighted by molar-refractivity contribution is 6.59. The molecule has 7 heteroatoms. The van der Waals surface area contributed by atoms with Gasteiger partial charge < -0.3 is 15.2 Å². The summed E-state index contributed by atoms with van der Waals surface area (Å²) < 4.78 is 15.1. The van der Waals surface area contributed by atoms with Gasteiger partial charge in [0, 0.05) is 10.8 Å². The Morgan fingerprint density at radius 1 is 1.39 bits per heavy atom. The van der Waals surface area contributed by atoms with Gasteiger partial charge in [0.1, 0.15) is 5.82 Å². The molecule has 1 aromatic carbocycles. The average molecular weight is 252 g/mol. The van der Waals surface area contributed by atoms with E-state index in [0.717, 1.165) is 0 Å². The molecule has 18 heavy (non-hydrogen) atoms. The van der Waals surface area contributed by atoms with Crippen LogP contribution in [0.2, 0.25) is 0 Å². The van der Waals surface area contributed by atoms with Crippen LogP contribution in [0.15, 0.2) is 18.3 Å². The zero-order chi connectivity index (χ0) is 13.5. The molecule has 0 aliphatic carbocycles. The summed E-state index contributed by atoms with van der Waals surface area (Å²) in [4.78, 5) is 0. The van der Waals surface area contributed by atoms with Crippen LogP contribution in [-0.2, 0) is 6.54 Å². The molecule has 5 nitrogen and oxygen atoms in total. The Morgan fingerprint density at radius 2 is 2.06 bits per heavy atom. The Kier molecular flexibility index (Phi) is 3.14. The summed E-state index contributed by atoms with van der Waals surface area (Å²) in [5, 5.41) is 32.4. The Bertz CT molecular complexity index is 577. The number of aromatic nitrogens is 2. The number of rotatable bonds is 3. The molecule has 0 saturated carbocycles. The molecule has 1 heterocycles. The summed E-state index contributed by atoms with van der Waals surface area (Å²) in [6.07, 6.45) is 1.49. The smallest absolute Gasteiger partial charge is 0.423 e. The molecule has 0 aliphatic heterocycles. The molecule has 0 atom stereocenters. The van der Waals surface area contributed by atoms with Crippen LogP contribution >= 0.6 is 0 Å². The average Bonchev–Trinajstić information content (AvgIpc) is 2.57. The summed E-state index contributed by atoms with van der Waals surface area (Å²) >= 11 is 0. The first-order valence-corrected chi connectivity index (χ1v) is 5.51. The van der Waals surface area contributed by atoms with Crippen LogP contribution in [0, 0.1) is 5.82 Å². The second kappa shape index (κ2) is 4.35. The van der Waals surface area contributed by atoms with Gasteiger partial charge in [0.25, 0.3) is 0 Å². The lowest BCUT2D eigenvalue weighted by Crippen LogP contribution is -2.32. The molecule has 0 aliphatic rings. The van der Waals surface area contributed by atoms with Crippen LogP contribution in [0.5, 0.6) is 0 Å². The van der Waals surface area contributed by atoms with Gasteiger partial charge in [-0.2, -0.15) is 5.10 Å². The van der Waals surface area contributed by atoms with Crippen molar-refractivity contribution < 1.29 is 19.5 Å². The van der Waals surface area contributed by atoms with Crippen molar-refractivity contribution in [2.24, 2.45) is 0 Å². The van der Waals surface area contributed by atoms with E-state index in [2.05, 4.69) is 5.10 Å². The SMILES string of the molecule is CC(C)(O)Cn1ncc2cc(B(O)O)c(F)cc21. The second-order valence-electron chi connectivity index (χ2n) is 4.92. The molecule has 96 valence electrons. The zero-order valence-corrected chi connectivity index (χ0v) is 10.1. The van der Waals surface area contributed by atoms with Crippen molar-refractivity contribution in [3.05, 3.63) is 24.1 Å². The highest BCUT2D eigenvalue weighted by atomic mass is 19.1. The van der Waals surface area contributed by atoms with Crippen molar-refractivity contribution in [1.82, 2.24) is 9.78 Å². The molecule has 2 aromatic rings. The number of fused-ring (bicyclic) bond motifs is 1. The number of aliphatic hydroxyl groups is 1. The Hall–Kier alpha value is -1.44. The van der Waals surface area contributed by atoms with E-state index in [1.54, 1.807) is 13.8 Å². The van der Waals surface area contributed by atoms with Gasteiger partial charge in [0.2, 0.25) is 0 Å². The molecular weight excluding hydrogens is 238 g/mol. The van der Waals surface area contributed by atoms with E-state index in [-0.39, 0.29) is 12.0 Å². The topological polar surface area (TPSA) is 78.5 Å². The van der Waals surface area contributed by atoms with E-state index >= 15 is 0 Å². The summed E-state index contributed by atoms with van der Waals surface area (Å²) in [5.74, 6) is -0.713. The molecular formula is C11H14BFN2O3. The lowest BCUT2D eigenvalue weighted by molar-refractivity contribution is 0.0591. The first kappa shape index (κ1) is 13.0. The van der Waals surface area contributed by atoms with E-state index < -0.39 is 18.5 Å². The number of nitrogens with zero attached hydrogens (tertiary/aromatic N) is 2. The maximum atomic E-state index is 13.6. The van der Waals surface area contributed by atoms with Gasteiger partial charge in [-0.1, -0.05) is 0 Å². The lowest BCUT2D eigenvalue weighted by atomic mass is 9.79. The first-order valence-electron chi connectivity index (χ1n) is 5.51. The standard InChI is InChI=1S/C11H14BFN2O3/c1-11(2,16)6-15-10-4-9(13)8(12(17)18)3-7(10)5-14-15/h3-5,16-18H,6H2,1-2H3. The fourth-order valence-corrected chi connectivity index (χ4v) is 1.81. The van der Waals surface area contributed by atoms with Crippen LogP contribution in [0.4, 0.5) is 4.39 Å². The molecule has 0 spiro atoms. The number of hydrogen-bond acceptors (Lipinski definition) is 4. The Balaban J connectivity index is 2.51. The maximum absolute atomic E-state index is 13.6.